The molecule has 1 rings (SSSR count). The standard InChI is InChI=1S/C22H36O4/c1-4-5-10-16-22(2,25)17-15-18-13-14-20(23)19(18)11-8-6-7-9-12-21(24)26-3/h6,8,15,17-19,25H,4-5,7,9-14,16H2,1-3H3/b8-6-,17-15?/t18-,19-,22?/m0/s1. The molecule has 0 aromatic heterocycles. The summed E-state index contributed by atoms with van der Waals surface area (Å²) in [5.74, 6) is 0.388. The molecule has 4 nitrogen and oxygen atoms in total. The summed E-state index contributed by atoms with van der Waals surface area (Å²) in [7, 11) is 1.40. The molecule has 0 radical (unpaired) electrons. The summed E-state index contributed by atoms with van der Waals surface area (Å²) >= 11 is 0. The van der Waals surface area contributed by atoms with Crippen LogP contribution in [0.3, 0.4) is 0 Å². The average Bonchev–Trinajstić information content (AvgIpc) is 2.96. The van der Waals surface area contributed by atoms with Crippen molar-refractivity contribution in [1.82, 2.24) is 0 Å². The lowest BCUT2D eigenvalue weighted by Crippen LogP contribution is -2.21. The normalized spacial score (nSPS) is 23.0. The van der Waals surface area contributed by atoms with E-state index in [4.69, 9.17) is 0 Å². The molecule has 26 heavy (non-hydrogen) atoms. The second kappa shape index (κ2) is 12.1. The molecule has 0 amide bonds. The Bertz CT molecular complexity index is 490. The van der Waals surface area contributed by atoms with Crippen LogP contribution in [-0.2, 0) is 14.3 Å². The molecule has 1 N–H and O–H groups in total. The summed E-state index contributed by atoms with van der Waals surface area (Å²) in [6, 6.07) is 0. The van der Waals surface area contributed by atoms with Crippen molar-refractivity contribution in [2.75, 3.05) is 7.11 Å². The van der Waals surface area contributed by atoms with Gasteiger partial charge >= 0.3 is 5.97 Å². The molecule has 1 aliphatic carbocycles. The molecule has 1 fully saturated rings. The van der Waals surface area contributed by atoms with Crippen molar-refractivity contribution < 1.29 is 19.4 Å². The molecule has 0 saturated heterocycles. The van der Waals surface area contributed by atoms with Crippen LogP contribution in [-0.4, -0.2) is 29.6 Å². The smallest absolute Gasteiger partial charge is 0.305 e. The topological polar surface area (TPSA) is 63.6 Å². The van der Waals surface area contributed by atoms with Gasteiger partial charge in [0.1, 0.15) is 5.78 Å². The van der Waals surface area contributed by atoms with Gasteiger partial charge in [0.25, 0.3) is 0 Å². The first kappa shape index (κ1) is 22.6. The molecule has 0 bridgehead atoms. The van der Waals surface area contributed by atoms with E-state index in [9.17, 15) is 14.7 Å². The molecule has 0 heterocycles. The van der Waals surface area contributed by atoms with Crippen LogP contribution in [0.1, 0.15) is 78.1 Å². The van der Waals surface area contributed by atoms with Gasteiger partial charge in [0, 0.05) is 18.8 Å². The van der Waals surface area contributed by atoms with E-state index in [1.165, 1.54) is 7.11 Å². The van der Waals surface area contributed by atoms with Crippen molar-refractivity contribution in [3.8, 4) is 0 Å². The lowest BCUT2D eigenvalue weighted by atomic mass is 9.89. The SMILES string of the molecule is CCCCCC(C)(O)C=C[C@@H]1CCC(=O)[C@H]1C/C=C\CCCC(=O)OC. The third-order valence-corrected chi connectivity index (χ3v) is 5.18. The Morgan fingerprint density at radius 3 is 2.77 bits per heavy atom. The monoisotopic (exact) mass is 364 g/mol. The Hall–Kier alpha value is -1.42. The molecule has 0 aromatic rings. The van der Waals surface area contributed by atoms with Gasteiger partial charge in [-0.15, -0.1) is 0 Å². The van der Waals surface area contributed by atoms with Gasteiger partial charge in [-0.2, -0.15) is 0 Å². The highest BCUT2D eigenvalue weighted by Crippen LogP contribution is 2.33. The highest BCUT2D eigenvalue weighted by molar-refractivity contribution is 5.83. The fourth-order valence-electron chi connectivity index (χ4n) is 3.44. The second-order valence-electron chi connectivity index (χ2n) is 7.62. The van der Waals surface area contributed by atoms with Gasteiger partial charge in [-0.1, -0.05) is 50.5 Å². The second-order valence-corrected chi connectivity index (χ2v) is 7.62. The first-order valence-electron chi connectivity index (χ1n) is 10.1. The number of unbranched alkanes of at least 4 members (excludes halogenated alkanes) is 3. The number of Topliss-reactive ketones (excluding diaryl/α,β-unsaturated/α-hetero) is 1. The summed E-state index contributed by atoms with van der Waals surface area (Å²) in [6.45, 7) is 4.01. The number of methoxy groups -OCH3 is 1. The van der Waals surface area contributed by atoms with E-state index in [1.807, 2.05) is 13.0 Å². The van der Waals surface area contributed by atoms with Crippen LogP contribution in [0.15, 0.2) is 24.3 Å². The molecular formula is C22H36O4. The number of hydrogen-bond donors (Lipinski definition) is 1. The van der Waals surface area contributed by atoms with Crippen LogP contribution in [0.25, 0.3) is 0 Å². The quantitative estimate of drug-likeness (QED) is 0.308. The predicted molar refractivity (Wildman–Crippen MR) is 105 cm³/mol. The predicted octanol–water partition coefficient (Wildman–Crippen LogP) is 4.76. The van der Waals surface area contributed by atoms with Crippen molar-refractivity contribution in [3.05, 3.63) is 24.3 Å². The number of ether oxygens (including phenoxy) is 1. The third kappa shape index (κ3) is 8.79. The van der Waals surface area contributed by atoms with Crippen molar-refractivity contribution in [2.45, 2.75) is 83.7 Å². The van der Waals surface area contributed by atoms with Gasteiger partial charge in [0.05, 0.1) is 12.7 Å². The Labute approximate surface area is 158 Å². The number of hydrogen-bond acceptors (Lipinski definition) is 4. The number of carbonyl (C=O) groups excluding carboxylic acids is 2. The van der Waals surface area contributed by atoms with E-state index in [-0.39, 0.29) is 17.8 Å². The van der Waals surface area contributed by atoms with Crippen molar-refractivity contribution in [3.63, 3.8) is 0 Å². The summed E-state index contributed by atoms with van der Waals surface area (Å²) < 4.78 is 4.62. The molecule has 0 aromatic carbocycles. The molecule has 0 spiro atoms. The van der Waals surface area contributed by atoms with Crippen molar-refractivity contribution in [1.29, 1.82) is 0 Å². The van der Waals surface area contributed by atoms with Crippen LogP contribution >= 0.6 is 0 Å². The lowest BCUT2D eigenvalue weighted by molar-refractivity contribution is -0.140. The van der Waals surface area contributed by atoms with Gasteiger partial charge in [-0.3, -0.25) is 9.59 Å². The molecule has 1 saturated carbocycles. The van der Waals surface area contributed by atoms with Crippen LogP contribution in [0.5, 0.6) is 0 Å². The third-order valence-electron chi connectivity index (χ3n) is 5.18. The number of carbonyl (C=O) groups is 2. The van der Waals surface area contributed by atoms with Crippen molar-refractivity contribution >= 4 is 11.8 Å². The zero-order valence-corrected chi connectivity index (χ0v) is 16.7. The van der Waals surface area contributed by atoms with E-state index >= 15 is 0 Å². The van der Waals surface area contributed by atoms with Crippen LogP contribution in [0.2, 0.25) is 0 Å². The highest BCUT2D eigenvalue weighted by Gasteiger charge is 2.32. The van der Waals surface area contributed by atoms with Crippen LogP contribution < -0.4 is 0 Å². The van der Waals surface area contributed by atoms with E-state index in [2.05, 4.69) is 29.9 Å². The van der Waals surface area contributed by atoms with E-state index < -0.39 is 5.60 Å². The summed E-state index contributed by atoms with van der Waals surface area (Å²) in [6.07, 6.45) is 16.4. The van der Waals surface area contributed by atoms with Crippen LogP contribution in [0, 0.1) is 11.8 Å². The Morgan fingerprint density at radius 2 is 2.08 bits per heavy atom. The largest absolute Gasteiger partial charge is 0.469 e. The zero-order valence-electron chi connectivity index (χ0n) is 16.7. The molecule has 1 unspecified atom stereocenters. The minimum atomic E-state index is -0.783. The Morgan fingerprint density at radius 1 is 1.31 bits per heavy atom. The van der Waals surface area contributed by atoms with E-state index in [1.54, 1.807) is 0 Å². The fourth-order valence-corrected chi connectivity index (χ4v) is 3.44. The van der Waals surface area contributed by atoms with Gasteiger partial charge in [0.2, 0.25) is 0 Å². The van der Waals surface area contributed by atoms with E-state index in [0.29, 0.717) is 18.6 Å². The highest BCUT2D eigenvalue weighted by atomic mass is 16.5. The maximum absolute atomic E-state index is 12.2. The summed E-state index contributed by atoms with van der Waals surface area (Å²) in [5.41, 5.74) is -0.783. The summed E-state index contributed by atoms with van der Waals surface area (Å²) in [5, 5.41) is 10.5. The number of esters is 1. The Kier molecular flexibility index (Phi) is 10.5. The van der Waals surface area contributed by atoms with E-state index in [0.717, 1.165) is 51.4 Å². The minimum Gasteiger partial charge on any atom is -0.469 e. The van der Waals surface area contributed by atoms with Crippen LogP contribution in [0.4, 0.5) is 0 Å². The number of ketones is 1. The first-order chi connectivity index (χ1) is 12.4. The number of allylic oxidation sites excluding steroid dienone is 3. The maximum atomic E-state index is 12.2. The zero-order chi connectivity index (χ0) is 19.4. The maximum Gasteiger partial charge on any atom is 0.305 e. The fraction of sp³-hybridized carbons (Fsp3) is 0.727. The average molecular weight is 365 g/mol. The number of aliphatic hydroxyl groups is 1. The Balaban J connectivity index is 2.44. The first-order valence-corrected chi connectivity index (χ1v) is 10.1. The van der Waals surface area contributed by atoms with Gasteiger partial charge in [-0.05, 0) is 44.9 Å². The molecule has 1 aliphatic rings. The molecule has 4 heteroatoms. The lowest BCUT2D eigenvalue weighted by Gasteiger charge is -2.20. The molecule has 3 atom stereocenters. The molecule has 148 valence electrons. The number of rotatable bonds is 12. The van der Waals surface area contributed by atoms with Gasteiger partial charge in [-0.25, -0.2) is 0 Å². The molecule has 0 aliphatic heterocycles. The molecular weight excluding hydrogens is 328 g/mol. The summed E-state index contributed by atoms with van der Waals surface area (Å²) in [4.78, 5) is 23.2. The van der Waals surface area contributed by atoms with Gasteiger partial charge < -0.3 is 9.84 Å². The van der Waals surface area contributed by atoms with Crippen molar-refractivity contribution in [2.24, 2.45) is 11.8 Å². The van der Waals surface area contributed by atoms with Gasteiger partial charge in [0.15, 0.2) is 0 Å². The minimum absolute atomic E-state index is 0.0227.